The fourth-order valence-electron chi connectivity index (χ4n) is 3.52. The Morgan fingerprint density at radius 2 is 1.79 bits per heavy atom. The molecule has 1 N–H and O–H groups in total. The Hall–Kier alpha value is -2.80. The van der Waals surface area contributed by atoms with Crippen LogP contribution in [0.5, 0.6) is 0 Å². The lowest BCUT2D eigenvalue weighted by molar-refractivity contribution is 0.0657. The number of nitrogens with zero attached hydrogens (tertiary/aromatic N) is 4. The Kier molecular flexibility index (Phi) is 7.30. The van der Waals surface area contributed by atoms with Crippen LogP contribution in [0.3, 0.4) is 0 Å². The molecule has 1 atom stereocenters. The normalized spacial score (nSPS) is 16.2. The second-order valence-electron chi connectivity index (χ2n) is 7.34. The van der Waals surface area contributed by atoms with E-state index in [4.69, 9.17) is 9.41 Å². The molecule has 1 amide bonds. The van der Waals surface area contributed by atoms with Crippen LogP contribution in [0.15, 0.2) is 58.1 Å². The summed E-state index contributed by atoms with van der Waals surface area (Å²) in [5.74, 6) is 1.25. The summed E-state index contributed by atoms with van der Waals surface area (Å²) in [6, 6.07) is 14.1. The van der Waals surface area contributed by atoms with Gasteiger partial charge in [0.2, 0.25) is 0 Å². The van der Waals surface area contributed by atoms with Gasteiger partial charge in [0.15, 0.2) is 11.7 Å². The molecule has 2 aromatic rings. The van der Waals surface area contributed by atoms with Crippen LogP contribution in [0.4, 0.5) is 0 Å². The Bertz CT molecular complexity index is 781. The fourth-order valence-corrected chi connectivity index (χ4v) is 3.52. The van der Waals surface area contributed by atoms with Crippen molar-refractivity contribution in [2.75, 3.05) is 53.4 Å². The van der Waals surface area contributed by atoms with Crippen molar-refractivity contribution in [3.63, 3.8) is 0 Å². The van der Waals surface area contributed by atoms with E-state index in [9.17, 15) is 4.79 Å². The van der Waals surface area contributed by atoms with E-state index in [0.717, 1.165) is 25.6 Å². The molecule has 156 valence electrons. The summed E-state index contributed by atoms with van der Waals surface area (Å²) in [4.78, 5) is 23.7. The molecule has 7 nitrogen and oxygen atoms in total. The number of amides is 1. The third-order valence-electron chi connectivity index (χ3n) is 5.15. The Labute approximate surface area is 173 Å². The number of aliphatic imine (C=N–C) groups is 1. The number of hydrogen-bond acceptors (Lipinski definition) is 4. The van der Waals surface area contributed by atoms with Gasteiger partial charge in [-0.3, -0.25) is 9.79 Å². The summed E-state index contributed by atoms with van der Waals surface area (Å²) < 4.78 is 5.25. The first-order valence-corrected chi connectivity index (χ1v) is 10.2. The summed E-state index contributed by atoms with van der Waals surface area (Å²) in [6.45, 7) is 6.35. The van der Waals surface area contributed by atoms with E-state index in [-0.39, 0.29) is 11.9 Å². The molecule has 0 radical (unpaired) electrons. The van der Waals surface area contributed by atoms with Gasteiger partial charge in [-0.05, 0) is 38.7 Å². The minimum atomic E-state index is -0.0478. The standard InChI is InChI=1S/C22H31N5O2/c1-4-23-22(24-17-19(25(2)3)18-9-6-5-7-10-18)27-14-12-26(13-15-27)21(28)20-11-8-16-29-20/h5-11,16,19H,4,12-15,17H2,1-3H3,(H,23,24). The number of benzene rings is 1. The minimum Gasteiger partial charge on any atom is -0.459 e. The molecular weight excluding hydrogens is 366 g/mol. The quantitative estimate of drug-likeness (QED) is 0.599. The fraction of sp³-hybridized carbons (Fsp3) is 0.455. The van der Waals surface area contributed by atoms with Gasteiger partial charge >= 0.3 is 0 Å². The van der Waals surface area contributed by atoms with E-state index >= 15 is 0 Å². The first-order chi connectivity index (χ1) is 14.1. The summed E-state index contributed by atoms with van der Waals surface area (Å²) in [6.07, 6.45) is 1.54. The predicted octanol–water partition coefficient (Wildman–Crippen LogP) is 2.31. The molecule has 29 heavy (non-hydrogen) atoms. The highest BCUT2D eigenvalue weighted by atomic mass is 16.3. The molecule has 1 saturated heterocycles. The van der Waals surface area contributed by atoms with Gasteiger partial charge in [-0.2, -0.15) is 0 Å². The number of furan rings is 1. The van der Waals surface area contributed by atoms with E-state index in [1.54, 1.807) is 12.1 Å². The van der Waals surface area contributed by atoms with Gasteiger partial charge in [0.1, 0.15) is 0 Å². The largest absolute Gasteiger partial charge is 0.459 e. The van der Waals surface area contributed by atoms with Gasteiger partial charge in [0.05, 0.1) is 18.8 Å². The van der Waals surface area contributed by atoms with Crippen LogP contribution >= 0.6 is 0 Å². The number of rotatable bonds is 6. The highest BCUT2D eigenvalue weighted by Gasteiger charge is 2.25. The molecule has 7 heteroatoms. The molecule has 1 fully saturated rings. The lowest BCUT2D eigenvalue weighted by Gasteiger charge is -2.36. The highest BCUT2D eigenvalue weighted by Crippen LogP contribution is 2.18. The second-order valence-corrected chi connectivity index (χ2v) is 7.34. The maximum Gasteiger partial charge on any atom is 0.289 e. The van der Waals surface area contributed by atoms with Crippen LogP contribution in [0.25, 0.3) is 0 Å². The van der Waals surface area contributed by atoms with Crippen molar-refractivity contribution >= 4 is 11.9 Å². The Balaban J connectivity index is 1.64. The third kappa shape index (κ3) is 5.38. The van der Waals surface area contributed by atoms with Gasteiger partial charge in [-0.15, -0.1) is 0 Å². The Morgan fingerprint density at radius 3 is 2.38 bits per heavy atom. The monoisotopic (exact) mass is 397 g/mol. The van der Waals surface area contributed by atoms with Crippen LogP contribution in [-0.2, 0) is 0 Å². The van der Waals surface area contributed by atoms with E-state index < -0.39 is 0 Å². The lowest BCUT2D eigenvalue weighted by atomic mass is 10.1. The maximum atomic E-state index is 12.5. The average Bonchev–Trinajstić information content (AvgIpc) is 3.28. The molecule has 0 spiro atoms. The van der Waals surface area contributed by atoms with Crippen molar-refractivity contribution in [1.29, 1.82) is 0 Å². The van der Waals surface area contributed by atoms with Gasteiger partial charge in [0, 0.05) is 32.7 Å². The van der Waals surface area contributed by atoms with Crippen LogP contribution in [0.1, 0.15) is 29.1 Å². The van der Waals surface area contributed by atoms with Gasteiger partial charge in [-0.1, -0.05) is 30.3 Å². The van der Waals surface area contributed by atoms with E-state index in [0.29, 0.717) is 25.4 Å². The minimum absolute atomic E-state index is 0.0478. The molecule has 1 aliphatic rings. The molecule has 3 rings (SSSR count). The van der Waals surface area contributed by atoms with Crippen molar-refractivity contribution in [3.05, 3.63) is 60.1 Å². The summed E-state index contributed by atoms with van der Waals surface area (Å²) in [5.41, 5.74) is 1.26. The zero-order chi connectivity index (χ0) is 20.6. The van der Waals surface area contributed by atoms with Crippen molar-refractivity contribution in [2.24, 2.45) is 4.99 Å². The maximum absolute atomic E-state index is 12.5. The topological polar surface area (TPSA) is 64.3 Å². The average molecular weight is 398 g/mol. The number of guanidine groups is 1. The number of carbonyl (C=O) groups excluding carboxylic acids is 1. The van der Waals surface area contributed by atoms with Crippen molar-refractivity contribution in [2.45, 2.75) is 13.0 Å². The van der Waals surface area contributed by atoms with Crippen LogP contribution < -0.4 is 5.32 Å². The van der Waals surface area contributed by atoms with Crippen molar-refractivity contribution in [1.82, 2.24) is 20.0 Å². The molecule has 2 heterocycles. The molecule has 1 unspecified atom stereocenters. The molecule has 0 saturated carbocycles. The molecule has 1 aromatic heterocycles. The van der Waals surface area contributed by atoms with E-state index in [1.165, 1.54) is 11.8 Å². The Morgan fingerprint density at radius 1 is 1.10 bits per heavy atom. The second kappa shape index (κ2) is 10.1. The smallest absolute Gasteiger partial charge is 0.289 e. The third-order valence-corrected chi connectivity index (χ3v) is 5.15. The van der Waals surface area contributed by atoms with Crippen LogP contribution in [0.2, 0.25) is 0 Å². The first kappa shape index (κ1) is 20.9. The van der Waals surface area contributed by atoms with Crippen LogP contribution in [-0.4, -0.2) is 79.9 Å². The lowest BCUT2D eigenvalue weighted by Crippen LogP contribution is -2.53. The van der Waals surface area contributed by atoms with E-state index in [2.05, 4.69) is 60.4 Å². The van der Waals surface area contributed by atoms with E-state index in [1.807, 2.05) is 11.0 Å². The SMILES string of the molecule is CCNC(=NCC(c1ccccc1)N(C)C)N1CCN(C(=O)c2ccco2)CC1. The molecule has 1 aliphatic heterocycles. The summed E-state index contributed by atoms with van der Waals surface area (Å²) in [7, 11) is 4.16. The van der Waals surface area contributed by atoms with Gasteiger partial charge in [0.25, 0.3) is 5.91 Å². The summed E-state index contributed by atoms with van der Waals surface area (Å²) in [5, 5.41) is 3.41. The number of nitrogens with one attached hydrogen (secondary N) is 1. The zero-order valence-corrected chi connectivity index (χ0v) is 17.5. The number of carbonyl (C=O) groups is 1. The predicted molar refractivity (Wildman–Crippen MR) is 115 cm³/mol. The number of hydrogen-bond donors (Lipinski definition) is 1. The molecule has 1 aromatic carbocycles. The summed E-state index contributed by atoms with van der Waals surface area (Å²) >= 11 is 0. The number of piperazine rings is 1. The van der Waals surface area contributed by atoms with Crippen molar-refractivity contribution < 1.29 is 9.21 Å². The first-order valence-electron chi connectivity index (χ1n) is 10.2. The molecule has 0 bridgehead atoms. The van der Waals surface area contributed by atoms with Crippen molar-refractivity contribution in [3.8, 4) is 0 Å². The molecular formula is C22H31N5O2. The number of likely N-dealkylation sites (N-methyl/N-ethyl adjacent to an activating group) is 1. The highest BCUT2D eigenvalue weighted by molar-refractivity contribution is 5.91. The van der Waals surface area contributed by atoms with Gasteiger partial charge < -0.3 is 24.4 Å². The molecule has 0 aliphatic carbocycles. The van der Waals surface area contributed by atoms with Gasteiger partial charge in [-0.25, -0.2) is 0 Å². The van der Waals surface area contributed by atoms with Crippen LogP contribution in [0, 0.1) is 0 Å². The zero-order valence-electron chi connectivity index (χ0n) is 17.5.